The molecule has 14 heteroatoms. The highest BCUT2D eigenvalue weighted by Gasteiger charge is 2.48. The highest BCUT2D eigenvalue weighted by Crippen LogP contribution is 2.49. The van der Waals surface area contributed by atoms with Crippen molar-refractivity contribution in [2.45, 2.75) is 57.6 Å². The van der Waals surface area contributed by atoms with E-state index < -0.39 is 31.9 Å². The van der Waals surface area contributed by atoms with Gasteiger partial charge in [-0.3, -0.25) is 9.36 Å². The fourth-order valence-electron chi connectivity index (χ4n) is 3.18. The smallest absolute Gasteiger partial charge is 0.462 e. The molecule has 3 rings (SSSR count). The van der Waals surface area contributed by atoms with Crippen molar-refractivity contribution in [2.75, 3.05) is 12.3 Å². The van der Waals surface area contributed by atoms with Gasteiger partial charge in [-0.1, -0.05) is 5.92 Å². The third-order valence-corrected chi connectivity index (χ3v) is 6.08. The van der Waals surface area contributed by atoms with E-state index in [1.165, 1.54) is 13.3 Å². The van der Waals surface area contributed by atoms with Gasteiger partial charge in [0.05, 0.1) is 12.4 Å². The number of hydrogen-bond acceptors (Lipinski definition) is 11. The Bertz CT molecular complexity index is 1040. The van der Waals surface area contributed by atoms with Gasteiger partial charge in [0.25, 0.3) is 0 Å². The number of nitrogens with zero attached hydrogens (tertiary/aromatic N) is 4. The highest BCUT2D eigenvalue weighted by molar-refractivity contribution is 7.57. The first-order valence-electron chi connectivity index (χ1n) is 9.74. The number of imidazole rings is 1. The van der Waals surface area contributed by atoms with Crippen LogP contribution < -0.4 is 10.8 Å². The summed E-state index contributed by atoms with van der Waals surface area (Å²) in [6.07, 6.45) is 7.08. The van der Waals surface area contributed by atoms with E-state index >= 15 is 0 Å². The van der Waals surface area contributed by atoms with Crippen molar-refractivity contribution in [3.05, 3.63) is 11.6 Å². The Morgan fingerprint density at radius 1 is 1.53 bits per heavy atom. The highest BCUT2D eigenvalue weighted by atomic mass is 35.5. The lowest BCUT2D eigenvalue weighted by molar-refractivity contribution is -0.149. The number of ether oxygens (including phenoxy) is 2. The number of aromatic nitrogens is 4. The van der Waals surface area contributed by atoms with E-state index in [1.807, 2.05) is 0 Å². The van der Waals surface area contributed by atoms with Crippen LogP contribution in [0.5, 0.6) is 0 Å². The Morgan fingerprint density at radius 3 is 2.91 bits per heavy atom. The maximum atomic E-state index is 11.9. The molecule has 3 atom stereocenters. The van der Waals surface area contributed by atoms with E-state index in [1.54, 1.807) is 18.4 Å². The fourth-order valence-corrected chi connectivity index (χ4v) is 4.42. The number of carbonyl (C=O) groups excluding carboxylic acids is 1. The zero-order valence-corrected chi connectivity index (χ0v) is 19.4. The van der Waals surface area contributed by atoms with Gasteiger partial charge in [-0.25, -0.2) is 4.98 Å². The summed E-state index contributed by atoms with van der Waals surface area (Å²) in [5, 5.41) is 2.31. The lowest BCUT2D eigenvalue weighted by Crippen LogP contribution is -2.39. The zero-order valence-electron chi connectivity index (χ0n) is 17.7. The molecule has 0 spiro atoms. The predicted molar refractivity (Wildman–Crippen MR) is 117 cm³/mol. The van der Waals surface area contributed by atoms with E-state index in [0.717, 1.165) is 0 Å². The van der Waals surface area contributed by atoms with Crippen LogP contribution in [0.4, 0.5) is 5.82 Å². The number of anilines is 1. The number of nitrogen functional groups attached to an aromatic ring is 1. The van der Waals surface area contributed by atoms with Gasteiger partial charge in [0.15, 0.2) is 17.1 Å². The number of halogens is 1. The van der Waals surface area contributed by atoms with Gasteiger partial charge in [0.2, 0.25) is 5.28 Å². The number of esters is 1. The third-order valence-electron chi connectivity index (χ3n) is 4.70. The zero-order chi connectivity index (χ0) is 23.7. The van der Waals surface area contributed by atoms with Crippen LogP contribution in [-0.4, -0.2) is 59.6 Å². The van der Waals surface area contributed by atoms with Crippen molar-refractivity contribution in [1.82, 2.24) is 24.6 Å². The van der Waals surface area contributed by atoms with Crippen molar-refractivity contribution in [3.63, 3.8) is 0 Å². The monoisotopic (exact) mass is 487 g/mol. The molecule has 0 bridgehead atoms. The summed E-state index contributed by atoms with van der Waals surface area (Å²) in [4.78, 5) is 44.6. The first-order valence-corrected chi connectivity index (χ1v) is 11.7. The molecule has 1 fully saturated rings. The fraction of sp³-hybridized carbons (Fsp3) is 0.556. The van der Waals surface area contributed by atoms with E-state index in [4.69, 9.17) is 37.8 Å². The number of terminal acetylenes is 1. The lowest BCUT2D eigenvalue weighted by atomic mass is 10.0. The van der Waals surface area contributed by atoms with E-state index in [2.05, 4.69) is 26.0 Å². The number of nitrogens with two attached hydrogens (primary N) is 1. The van der Waals surface area contributed by atoms with Crippen LogP contribution in [0.3, 0.4) is 0 Å². The molecule has 2 aromatic rings. The Labute approximate surface area is 190 Å². The third kappa shape index (κ3) is 5.44. The van der Waals surface area contributed by atoms with Crippen LogP contribution in [0.2, 0.25) is 5.28 Å². The average Bonchev–Trinajstić information content (AvgIpc) is 3.30. The summed E-state index contributed by atoms with van der Waals surface area (Å²) in [5.74, 6) is 2.01. The summed E-state index contributed by atoms with van der Waals surface area (Å²) in [5.41, 5.74) is 5.34. The molecule has 2 aromatic heterocycles. The van der Waals surface area contributed by atoms with Crippen LogP contribution in [0.1, 0.15) is 39.8 Å². The molecule has 0 saturated carbocycles. The van der Waals surface area contributed by atoms with Crippen LogP contribution in [-0.2, 0) is 18.8 Å². The molecule has 2 unspecified atom stereocenters. The Balaban J connectivity index is 1.67. The molecular weight excluding hydrogens is 463 g/mol. The minimum absolute atomic E-state index is 0.0346. The minimum Gasteiger partial charge on any atom is -0.462 e. The molecule has 5 N–H and O–H groups in total. The molecule has 1 aliphatic rings. The van der Waals surface area contributed by atoms with Gasteiger partial charge in [0, 0.05) is 0 Å². The van der Waals surface area contributed by atoms with Crippen molar-refractivity contribution in [1.29, 1.82) is 0 Å². The van der Waals surface area contributed by atoms with Gasteiger partial charge >= 0.3 is 14.1 Å². The topological polar surface area (TPSA) is 167 Å². The molecule has 0 aromatic carbocycles. The Hall–Kier alpha value is -2.10. The van der Waals surface area contributed by atoms with Crippen LogP contribution in [0.25, 0.3) is 11.2 Å². The first kappa shape index (κ1) is 24.5. The SMILES string of the molecule is C#C[C@@]1(CO[P+](O)(O)NC(C)C(=O)OC(C)C)CCC(n2cnc3c(N)nc(Cl)nc32)O1. The second kappa shape index (κ2) is 9.41. The molecule has 1 aliphatic heterocycles. The standard InChI is InChI=1S/C18H25ClN6O6P/c1-5-18(8-29-32(27,28)24-11(4)16(26)30-10(2)3)7-6-12(31-18)25-9-21-13-14(20)22-17(19)23-15(13)25/h1,9-12,24,27-28H,6-8H2,2-4H3,(H2,20,22,23)/q+1/t11?,12?,18-/m0/s1. The summed E-state index contributed by atoms with van der Waals surface area (Å²) in [6.45, 7) is 4.47. The van der Waals surface area contributed by atoms with Crippen molar-refractivity contribution in [3.8, 4) is 12.3 Å². The molecule has 32 heavy (non-hydrogen) atoms. The molecule has 12 nitrogen and oxygen atoms in total. The number of carbonyl (C=O) groups is 1. The maximum absolute atomic E-state index is 11.9. The van der Waals surface area contributed by atoms with E-state index in [0.29, 0.717) is 24.0 Å². The van der Waals surface area contributed by atoms with Crippen molar-refractivity contribution < 1.29 is 28.6 Å². The minimum atomic E-state index is -4.14. The summed E-state index contributed by atoms with van der Waals surface area (Å²) < 4.78 is 17.9. The number of nitrogens with one attached hydrogen (secondary N) is 1. The van der Waals surface area contributed by atoms with Crippen LogP contribution in [0, 0.1) is 12.3 Å². The molecule has 3 heterocycles. The second-order valence-electron chi connectivity index (χ2n) is 7.61. The van der Waals surface area contributed by atoms with E-state index in [-0.39, 0.29) is 23.8 Å². The Kier molecular flexibility index (Phi) is 7.21. The lowest BCUT2D eigenvalue weighted by Gasteiger charge is -2.24. The number of rotatable bonds is 8. The normalized spacial score (nSPS) is 22.2. The summed E-state index contributed by atoms with van der Waals surface area (Å²) >= 11 is 5.91. The molecule has 1 saturated heterocycles. The van der Waals surface area contributed by atoms with Crippen molar-refractivity contribution >= 4 is 42.6 Å². The molecule has 174 valence electrons. The van der Waals surface area contributed by atoms with Gasteiger partial charge in [-0.15, -0.1) is 11.5 Å². The van der Waals surface area contributed by atoms with Crippen LogP contribution >= 0.6 is 19.7 Å². The van der Waals surface area contributed by atoms with Gasteiger partial charge < -0.3 is 15.2 Å². The summed E-state index contributed by atoms with van der Waals surface area (Å²) in [7, 11) is -4.14. The first-order chi connectivity index (χ1) is 14.9. The molecular formula is C18H25ClN6O6P+. The molecule has 0 radical (unpaired) electrons. The second-order valence-corrected chi connectivity index (χ2v) is 9.55. The predicted octanol–water partition coefficient (Wildman–Crippen LogP) is 1.35. The van der Waals surface area contributed by atoms with Gasteiger partial charge in [-0.05, 0) is 45.2 Å². The number of hydrogen-bond donors (Lipinski definition) is 4. The van der Waals surface area contributed by atoms with Gasteiger partial charge in [0.1, 0.15) is 24.4 Å². The average molecular weight is 488 g/mol. The number of fused-ring (bicyclic) bond motifs is 1. The quantitative estimate of drug-likeness (QED) is 0.183. The maximum Gasteiger partial charge on any atom is 0.497 e. The molecule has 0 aliphatic carbocycles. The molecule has 0 amide bonds. The van der Waals surface area contributed by atoms with Gasteiger partial charge in [-0.2, -0.15) is 24.3 Å². The van der Waals surface area contributed by atoms with E-state index in [9.17, 15) is 14.6 Å². The largest absolute Gasteiger partial charge is 0.497 e. The van der Waals surface area contributed by atoms with Crippen molar-refractivity contribution in [2.24, 2.45) is 0 Å². The van der Waals surface area contributed by atoms with Crippen LogP contribution in [0.15, 0.2) is 6.33 Å². The summed E-state index contributed by atoms with van der Waals surface area (Å²) in [6, 6.07) is -1.01. The Morgan fingerprint density at radius 2 is 2.25 bits per heavy atom.